The van der Waals surface area contributed by atoms with Crippen LogP contribution in [0.1, 0.15) is 25.7 Å². The molecule has 0 saturated heterocycles. The molecule has 0 aromatic heterocycles. The first-order chi connectivity index (χ1) is 7.27. The van der Waals surface area contributed by atoms with Crippen molar-refractivity contribution < 1.29 is 14.3 Å². The van der Waals surface area contributed by atoms with Gasteiger partial charge in [-0.1, -0.05) is 12.8 Å². The summed E-state index contributed by atoms with van der Waals surface area (Å²) in [6.07, 6.45) is 4.35. The standard InChI is InChI=1S/C10H20N2O3/c1-14-7-9(10(13)12-11)15-6-8-4-2-3-5-8/h8-9H,2-7,11H2,1H3,(H,12,13). The number of nitrogens with one attached hydrogen (secondary N) is 1. The van der Waals surface area contributed by atoms with Crippen LogP contribution in [0.15, 0.2) is 0 Å². The quantitative estimate of drug-likeness (QED) is 0.378. The first-order valence-electron chi connectivity index (χ1n) is 5.39. The van der Waals surface area contributed by atoms with E-state index in [0.717, 1.165) is 0 Å². The second-order valence-corrected chi connectivity index (χ2v) is 3.94. The normalized spacial score (nSPS) is 19.1. The molecule has 1 aliphatic carbocycles. The predicted molar refractivity (Wildman–Crippen MR) is 55.9 cm³/mol. The van der Waals surface area contributed by atoms with Gasteiger partial charge in [0.15, 0.2) is 6.10 Å². The van der Waals surface area contributed by atoms with Gasteiger partial charge in [-0.25, -0.2) is 5.84 Å². The number of methoxy groups -OCH3 is 1. The minimum Gasteiger partial charge on any atom is -0.381 e. The Balaban J connectivity index is 2.26. The van der Waals surface area contributed by atoms with Crippen molar-refractivity contribution in [3.05, 3.63) is 0 Å². The average Bonchev–Trinajstić information content (AvgIpc) is 2.76. The largest absolute Gasteiger partial charge is 0.381 e. The summed E-state index contributed by atoms with van der Waals surface area (Å²) in [4.78, 5) is 11.3. The van der Waals surface area contributed by atoms with Gasteiger partial charge in [0.25, 0.3) is 5.91 Å². The summed E-state index contributed by atoms with van der Waals surface area (Å²) in [7, 11) is 1.54. The maximum absolute atomic E-state index is 11.3. The van der Waals surface area contributed by atoms with E-state index in [9.17, 15) is 4.79 Å². The van der Waals surface area contributed by atoms with Crippen LogP contribution in [0.25, 0.3) is 0 Å². The molecule has 0 aliphatic heterocycles. The summed E-state index contributed by atoms with van der Waals surface area (Å²) in [6.45, 7) is 0.872. The van der Waals surface area contributed by atoms with E-state index in [1.165, 1.54) is 32.8 Å². The number of amides is 1. The minimum absolute atomic E-state index is 0.246. The molecular weight excluding hydrogens is 196 g/mol. The van der Waals surface area contributed by atoms with Crippen LogP contribution >= 0.6 is 0 Å². The van der Waals surface area contributed by atoms with Crippen molar-refractivity contribution in [1.29, 1.82) is 0 Å². The first-order valence-corrected chi connectivity index (χ1v) is 5.39. The highest BCUT2D eigenvalue weighted by atomic mass is 16.5. The number of nitrogens with two attached hydrogens (primary N) is 1. The third kappa shape index (κ3) is 4.15. The van der Waals surface area contributed by atoms with E-state index in [0.29, 0.717) is 12.5 Å². The number of rotatable bonds is 6. The second-order valence-electron chi connectivity index (χ2n) is 3.94. The summed E-state index contributed by atoms with van der Waals surface area (Å²) in [5, 5.41) is 0. The molecule has 1 amide bonds. The summed E-state index contributed by atoms with van der Waals surface area (Å²) in [5.41, 5.74) is 2.08. The maximum atomic E-state index is 11.3. The molecule has 3 N–H and O–H groups in total. The van der Waals surface area contributed by atoms with Crippen molar-refractivity contribution in [2.24, 2.45) is 11.8 Å². The van der Waals surface area contributed by atoms with Gasteiger partial charge < -0.3 is 9.47 Å². The van der Waals surface area contributed by atoms with Crippen LogP contribution in [0.2, 0.25) is 0 Å². The van der Waals surface area contributed by atoms with Gasteiger partial charge in [0.05, 0.1) is 13.2 Å². The third-order valence-electron chi connectivity index (χ3n) is 2.76. The van der Waals surface area contributed by atoms with Crippen LogP contribution in [0, 0.1) is 5.92 Å². The van der Waals surface area contributed by atoms with Crippen molar-refractivity contribution in [3.63, 3.8) is 0 Å². The lowest BCUT2D eigenvalue weighted by molar-refractivity contribution is -0.137. The number of ether oxygens (including phenoxy) is 2. The molecular formula is C10H20N2O3. The fourth-order valence-electron chi connectivity index (χ4n) is 1.87. The SMILES string of the molecule is COCC(OCC1CCCC1)C(=O)NN. The number of hydrazine groups is 1. The van der Waals surface area contributed by atoms with Crippen molar-refractivity contribution in [2.75, 3.05) is 20.3 Å². The molecule has 5 heteroatoms. The molecule has 1 fully saturated rings. The van der Waals surface area contributed by atoms with Crippen LogP contribution in [-0.2, 0) is 14.3 Å². The first kappa shape index (κ1) is 12.4. The highest BCUT2D eigenvalue weighted by molar-refractivity contribution is 5.80. The molecule has 0 radical (unpaired) electrons. The second kappa shape index (κ2) is 6.76. The highest BCUT2D eigenvalue weighted by Crippen LogP contribution is 2.25. The van der Waals surface area contributed by atoms with E-state index in [2.05, 4.69) is 5.43 Å². The third-order valence-corrected chi connectivity index (χ3v) is 2.76. The number of carbonyl (C=O) groups excluding carboxylic acids is 1. The van der Waals surface area contributed by atoms with Gasteiger partial charge in [-0.2, -0.15) is 0 Å². The van der Waals surface area contributed by atoms with Crippen LogP contribution in [-0.4, -0.2) is 32.3 Å². The van der Waals surface area contributed by atoms with Crippen LogP contribution in [0.3, 0.4) is 0 Å². The zero-order chi connectivity index (χ0) is 11.1. The van der Waals surface area contributed by atoms with Gasteiger partial charge in [0.2, 0.25) is 0 Å². The van der Waals surface area contributed by atoms with Gasteiger partial charge in [-0.05, 0) is 18.8 Å². The topological polar surface area (TPSA) is 73.6 Å². The molecule has 1 rings (SSSR count). The average molecular weight is 216 g/mol. The van der Waals surface area contributed by atoms with Crippen LogP contribution < -0.4 is 11.3 Å². The van der Waals surface area contributed by atoms with Gasteiger partial charge in [0, 0.05) is 7.11 Å². The lowest BCUT2D eigenvalue weighted by atomic mass is 10.1. The fourth-order valence-corrected chi connectivity index (χ4v) is 1.87. The lowest BCUT2D eigenvalue weighted by Crippen LogP contribution is -2.43. The minimum atomic E-state index is -0.583. The molecule has 1 saturated carbocycles. The monoisotopic (exact) mass is 216 g/mol. The number of hydrogen-bond acceptors (Lipinski definition) is 4. The highest BCUT2D eigenvalue weighted by Gasteiger charge is 2.21. The van der Waals surface area contributed by atoms with E-state index in [4.69, 9.17) is 15.3 Å². The molecule has 88 valence electrons. The Morgan fingerprint density at radius 3 is 2.73 bits per heavy atom. The van der Waals surface area contributed by atoms with E-state index < -0.39 is 6.10 Å². The van der Waals surface area contributed by atoms with Gasteiger partial charge in [-0.3, -0.25) is 10.2 Å². The van der Waals surface area contributed by atoms with Crippen LogP contribution in [0.4, 0.5) is 0 Å². The van der Waals surface area contributed by atoms with Crippen LogP contribution in [0.5, 0.6) is 0 Å². The van der Waals surface area contributed by atoms with Gasteiger partial charge >= 0.3 is 0 Å². The Morgan fingerprint density at radius 1 is 1.53 bits per heavy atom. The van der Waals surface area contributed by atoms with E-state index in [-0.39, 0.29) is 12.5 Å². The van der Waals surface area contributed by atoms with Gasteiger partial charge in [0.1, 0.15) is 0 Å². The molecule has 0 bridgehead atoms. The van der Waals surface area contributed by atoms with Crippen molar-refractivity contribution in [3.8, 4) is 0 Å². The Bertz CT molecular complexity index is 193. The Morgan fingerprint density at radius 2 is 2.20 bits per heavy atom. The molecule has 1 unspecified atom stereocenters. The molecule has 5 nitrogen and oxygen atoms in total. The maximum Gasteiger partial charge on any atom is 0.265 e. The van der Waals surface area contributed by atoms with Crippen molar-refractivity contribution in [2.45, 2.75) is 31.8 Å². The summed E-state index contributed by atoms with van der Waals surface area (Å²) in [5.74, 6) is 5.32. The Labute approximate surface area is 90.3 Å². The molecule has 0 heterocycles. The summed E-state index contributed by atoms with van der Waals surface area (Å²) < 4.78 is 10.4. The molecule has 0 aromatic carbocycles. The molecule has 0 aromatic rings. The molecule has 1 aliphatic rings. The van der Waals surface area contributed by atoms with E-state index in [1.807, 2.05) is 0 Å². The zero-order valence-electron chi connectivity index (χ0n) is 9.20. The summed E-state index contributed by atoms with van der Waals surface area (Å²) in [6, 6.07) is 0. The predicted octanol–water partition coefficient (Wildman–Crippen LogP) is 0.198. The number of carbonyl (C=O) groups is 1. The summed E-state index contributed by atoms with van der Waals surface area (Å²) >= 11 is 0. The molecule has 0 spiro atoms. The van der Waals surface area contributed by atoms with E-state index >= 15 is 0 Å². The molecule has 15 heavy (non-hydrogen) atoms. The van der Waals surface area contributed by atoms with Crippen molar-refractivity contribution in [1.82, 2.24) is 5.43 Å². The Kier molecular flexibility index (Phi) is 5.60. The number of hydrogen-bond donors (Lipinski definition) is 2. The fraction of sp³-hybridized carbons (Fsp3) is 0.900. The zero-order valence-corrected chi connectivity index (χ0v) is 9.20. The van der Waals surface area contributed by atoms with E-state index in [1.54, 1.807) is 0 Å². The molecule has 1 atom stereocenters. The Hall–Kier alpha value is -0.650. The lowest BCUT2D eigenvalue weighted by Gasteiger charge is -2.17. The smallest absolute Gasteiger partial charge is 0.265 e. The van der Waals surface area contributed by atoms with Gasteiger partial charge in [-0.15, -0.1) is 0 Å². The van der Waals surface area contributed by atoms with Crippen molar-refractivity contribution >= 4 is 5.91 Å².